The number of alkyl halides is 2. The first-order chi connectivity index (χ1) is 19.0. The van der Waals surface area contributed by atoms with Gasteiger partial charge in [0, 0.05) is 12.8 Å². The van der Waals surface area contributed by atoms with Crippen LogP contribution in [0.3, 0.4) is 0 Å². The van der Waals surface area contributed by atoms with Crippen LogP contribution in [-0.4, -0.2) is 91.0 Å². The average molecular weight is 565 g/mol. The zero-order chi connectivity index (χ0) is 29.2. The van der Waals surface area contributed by atoms with Crippen molar-refractivity contribution in [2.24, 2.45) is 5.73 Å². The van der Waals surface area contributed by atoms with Gasteiger partial charge in [-0.1, -0.05) is 48.5 Å². The SMILES string of the molecule is COC(=O)[C@]1(F)O[C@@H]([C@H](O)[C@H](O)COC(=O)OCC2c3ccccc3-c3ccccc32)[C@H](NC(C)=O)[C@@H](N)[C@H]1F. The van der Waals surface area contributed by atoms with Crippen molar-refractivity contribution in [1.29, 1.82) is 0 Å². The molecule has 40 heavy (non-hydrogen) atoms. The van der Waals surface area contributed by atoms with Gasteiger partial charge in [-0.3, -0.25) is 4.79 Å². The molecule has 2 aromatic rings. The number of esters is 1. The number of amides is 1. The number of methoxy groups -OCH3 is 1. The molecule has 7 atom stereocenters. The van der Waals surface area contributed by atoms with E-state index in [4.69, 9.17) is 19.9 Å². The van der Waals surface area contributed by atoms with Crippen molar-refractivity contribution in [1.82, 2.24) is 5.32 Å². The molecule has 0 unspecified atom stereocenters. The summed E-state index contributed by atoms with van der Waals surface area (Å²) in [5, 5.41) is 23.4. The van der Waals surface area contributed by atoms with Crippen molar-refractivity contribution in [3.05, 3.63) is 59.7 Å². The molecule has 1 aliphatic carbocycles. The van der Waals surface area contributed by atoms with Gasteiger partial charge in [-0.25, -0.2) is 14.0 Å². The minimum Gasteiger partial charge on any atom is -0.465 e. The molecule has 0 saturated carbocycles. The number of fused-ring (bicyclic) bond motifs is 3. The lowest BCUT2D eigenvalue weighted by molar-refractivity contribution is -0.277. The van der Waals surface area contributed by atoms with E-state index in [9.17, 15) is 29.0 Å². The topological polar surface area (TPSA) is 167 Å². The van der Waals surface area contributed by atoms with E-state index in [0.717, 1.165) is 36.3 Å². The lowest BCUT2D eigenvalue weighted by Gasteiger charge is -2.46. The van der Waals surface area contributed by atoms with Gasteiger partial charge < -0.3 is 40.2 Å². The Labute approximate surface area is 228 Å². The number of rotatable bonds is 8. The van der Waals surface area contributed by atoms with E-state index >= 15 is 4.39 Å². The zero-order valence-corrected chi connectivity index (χ0v) is 21.7. The lowest BCUT2D eigenvalue weighted by Crippen LogP contribution is -2.73. The Morgan fingerprint density at radius 1 is 1.07 bits per heavy atom. The Bertz CT molecular complexity index is 1220. The van der Waals surface area contributed by atoms with Crippen molar-refractivity contribution in [2.75, 3.05) is 20.3 Å². The largest absolute Gasteiger partial charge is 0.508 e. The summed E-state index contributed by atoms with van der Waals surface area (Å²) in [7, 11) is 0.785. The third-order valence-electron chi connectivity index (χ3n) is 7.04. The maximum Gasteiger partial charge on any atom is 0.508 e. The molecular formula is C27H30F2N2O9. The average Bonchev–Trinajstić information content (AvgIpc) is 3.27. The maximum absolute atomic E-state index is 15.2. The highest BCUT2D eigenvalue weighted by molar-refractivity contribution is 5.80. The maximum atomic E-state index is 15.2. The number of carbonyl (C=O) groups excluding carboxylic acids is 3. The van der Waals surface area contributed by atoms with E-state index in [0.29, 0.717) is 0 Å². The van der Waals surface area contributed by atoms with Gasteiger partial charge in [0.05, 0.1) is 19.2 Å². The van der Waals surface area contributed by atoms with Crippen LogP contribution in [0.2, 0.25) is 0 Å². The Hall–Kier alpha value is -3.65. The number of aliphatic hydroxyl groups is 2. The molecule has 5 N–H and O–H groups in total. The van der Waals surface area contributed by atoms with Gasteiger partial charge in [-0.05, 0) is 22.3 Å². The second kappa shape index (κ2) is 11.8. The molecule has 2 aromatic carbocycles. The van der Waals surface area contributed by atoms with E-state index < -0.39 is 67.1 Å². The number of halogens is 2. The molecule has 13 heteroatoms. The van der Waals surface area contributed by atoms with Crippen LogP contribution in [0.5, 0.6) is 0 Å². The van der Waals surface area contributed by atoms with Crippen LogP contribution in [0.25, 0.3) is 11.1 Å². The van der Waals surface area contributed by atoms with Crippen molar-refractivity contribution in [2.45, 2.75) is 55.3 Å². The van der Waals surface area contributed by atoms with Gasteiger partial charge >= 0.3 is 18.0 Å². The summed E-state index contributed by atoms with van der Waals surface area (Å²) in [5.41, 5.74) is 9.71. The quantitative estimate of drug-likeness (QED) is 0.341. The highest BCUT2D eigenvalue weighted by Crippen LogP contribution is 2.44. The van der Waals surface area contributed by atoms with Crippen LogP contribution in [-0.2, 0) is 28.5 Å². The predicted octanol–water partition coefficient (Wildman–Crippen LogP) is 1.08. The third kappa shape index (κ3) is 5.50. The number of benzene rings is 2. The number of ether oxygens (including phenoxy) is 4. The minimum absolute atomic E-state index is 0.0713. The van der Waals surface area contributed by atoms with Gasteiger partial charge in [-0.2, -0.15) is 4.39 Å². The summed E-state index contributed by atoms with van der Waals surface area (Å²) in [6.45, 7) is 0.131. The molecule has 1 heterocycles. The van der Waals surface area contributed by atoms with Gasteiger partial charge in [0.15, 0.2) is 6.17 Å². The van der Waals surface area contributed by atoms with Crippen molar-refractivity contribution >= 4 is 18.0 Å². The van der Waals surface area contributed by atoms with E-state index in [-0.39, 0.29) is 12.5 Å². The number of hydrogen-bond acceptors (Lipinski definition) is 10. The van der Waals surface area contributed by atoms with E-state index in [1.54, 1.807) is 0 Å². The first kappa shape index (κ1) is 29.3. The second-order valence-corrected chi connectivity index (χ2v) is 9.58. The molecule has 0 bridgehead atoms. The van der Waals surface area contributed by atoms with E-state index in [2.05, 4.69) is 10.1 Å². The molecule has 11 nitrogen and oxygen atoms in total. The molecule has 0 radical (unpaired) electrons. The first-order valence-corrected chi connectivity index (χ1v) is 12.4. The smallest absolute Gasteiger partial charge is 0.465 e. The minimum atomic E-state index is -3.73. The molecule has 1 fully saturated rings. The van der Waals surface area contributed by atoms with Crippen LogP contribution in [0.15, 0.2) is 48.5 Å². The zero-order valence-electron chi connectivity index (χ0n) is 21.7. The van der Waals surface area contributed by atoms with Crippen LogP contribution >= 0.6 is 0 Å². The van der Waals surface area contributed by atoms with Crippen LogP contribution in [0, 0.1) is 0 Å². The summed E-state index contributed by atoms with van der Waals surface area (Å²) in [5.74, 6) is -6.49. The Morgan fingerprint density at radius 2 is 1.65 bits per heavy atom. The number of nitrogens with one attached hydrogen (secondary N) is 1. The fraction of sp³-hybridized carbons (Fsp3) is 0.444. The summed E-state index contributed by atoms with van der Waals surface area (Å²) in [6.07, 6.45) is -9.92. The fourth-order valence-electron chi connectivity index (χ4n) is 5.08. The molecule has 1 aliphatic heterocycles. The molecule has 1 saturated heterocycles. The monoisotopic (exact) mass is 564 g/mol. The second-order valence-electron chi connectivity index (χ2n) is 9.58. The highest BCUT2D eigenvalue weighted by Gasteiger charge is 2.62. The van der Waals surface area contributed by atoms with Crippen molar-refractivity contribution in [3.8, 4) is 11.1 Å². The van der Waals surface area contributed by atoms with Gasteiger partial charge in [0.1, 0.15) is 31.5 Å². The standard InChI is InChI=1S/C27H30F2N2O9/c1-13(32)31-21-20(30)24(28)27(29,25(35)37-2)40-23(21)22(34)19(33)12-39-26(36)38-11-18-16-9-5-3-7-14(16)15-8-4-6-10-17(15)18/h3-10,18-24,33-34H,11-12,30H2,1-2H3,(H,31,32)/t19-,20-,21-,22-,23-,24-,27-/m1/s1. The summed E-state index contributed by atoms with van der Waals surface area (Å²) < 4.78 is 49.3. The molecule has 216 valence electrons. The van der Waals surface area contributed by atoms with Gasteiger partial charge in [0.25, 0.3) is 0 Å². The van der Waals surface area contributed by atoms with Crippen LogP contribution in [0.1, 0.15) is 24.0 Å². The fourth-order valence-corrected chi connectivity index (χ4v) is 5.08. The molecule has 2 aliphatic rings. The molecule has 4 rings (SSSR count). The van der Waals surface area contributed by atoms with E-state index in [1.807, 2.05) is 48.5 Å². The highest BCUT2D eigenvalue weighted by atomic mass is 19.2. The summed E-state index contributed by atoms with van der Waals surface area (Å²) in [6, 6.07) is 11.9. The Balaban J connectivity index is 1.40. The number of nitrogens with two attached hydrogens (primary N) is 1. The normalized spacial score (nSPS) is 27.1. The number of hydrogen-bond donors (Lipinski definition) is 4. The van der Waals surface area contributed by atoms with Crippen molar-refractivity contribution in [3.63, 3.8) is 0 Å². The summed E-state index contributed by atoms with van der Waals surface area (Å²) >= 11 is 0. The van der Waals surface area contributed by atoms with Crippen molar-refractivity contribution < 1.29 is 52.3 Å². The predicted molar refractivity (Wildman–Crippen MR) is 134 cm³/mol. The number of aliphatic hydroxyl groups excluding tert-OH is 2. The lowest BCUT2D eigenvalue weighted by atomic mass is 9.86. The molecule has 0 spiro atoms. The Kier molecular flexibility index (Phi) is 8.68. The van der Waals surface area contributed by atoms with Crippen LogP contribution < -0.4 is 11.1 Å². The first-order valence-electron chi connectivity index (χ1n) is 12.4. The molecule has 1 amide bonds. The summed E-state index contributed by atoms with van der Waals surface area (Å²) in [4.78, 5) is 35.9. The third-order valence-corrected chi connectivity index (χ3v) is 7.04. The Morgan fingerprint density at radius 3 is 2.20 bits per heavy atom. The van der Waals surface area contributed by atoms with Gasteiger partial charge in [-0.15, -0.1) is 0 Å². The van der Waals surface area contributed by atoms with E-state index in [1.165, 1.54) is 0 Å². The molecule has 0 aromatic heterocycles. The number of carbonyl (C=O) groups is 3. The van der Waals surface area contributed by atoms with Gasteiger partial charge in [0.2, 0.25) is 5.91 Å². The van der Waals surface area contributed by atoms with Crippen LogP contribution in [0.4, 0.5) is 13.6 Å². The molecular weight excluding hydrogens is 534 g/mol.